The molecule has 0 bridgehead atoms. The van der Waals surface area contributed by atoms with Crippen LogP contribution in [0.2, 0.25) is 0 Å². The van der Waals surface area contributed by atoms with Gasteiger partial charge in [-0.1, -0.05) is 13.8 Å². The van der Waals surface area contributed by atoms with Crippen molar-refractivity contribution in [3.8, 4) is 0 Å². The second-order valence-electron chi connectivity index (χ2n) is 5.35. The van der Waals surface area contributed by atoms with Crippen LogP contribution in [-0.2, 0) is 14.8 Å². The highest BCUT2D eigenvalue weighted by atomic mass is 32.2. The monoisotopic (exact) mass is 330 g/mol. The molecule has 0 radical (unpaired) electrons. The first-order valence-corrected chi connectivity index (χ1v) is 7.96. The molecule has 0 spiro atoms. The molecule has 2 N–H and O–H groups in total. The molecule has 0 aliphatic heterocycles. The van der Waals surface area contributed by atoms with Gasteiger partial charge >= 0.3 is 5.97 Å². The van der Waals surface area contributed by atoms with Gasteiger partial charge in [0, 0.05) is 11.6 Å². The normalized spacial score (nSPS) is 13.1. The summed E-state index contributed by atoms with van der Waals surface area (Å²) in [5, 5.41) is 20.1. The standard InChI is InChI=1S/C13H18N2O6S/c1-7(2)12(13(16)17)14-22(20,21)11-6-8(3)5-10(9(11)4)15(18)19/h5-7,12,14H,1-4H3,(H,16,17). The van der Waals surface area contributed by atoms with Gasteiger partial charge in [-0.2, -0.15) is 4.72 Å². The number of sulfonamides is 1. The zero-order valence-corrected chi connectivity index (χ0v) is 13.5. The van der Waals surface area contributed by atoms with Crippen molar-refractivity contribution < 1.29 is 23.2 Å². The highest BCUT2D eigenvalue weighted by Crippen LogP contribution is 2.27. The molecule has 0 aromatic heterocycles. The molecule has 122 valence electrons. The summed E-state index contributed by atoms with van der Waals surface area (Å²) in [6.07, 6.45) is 0. The molecular weight excluding hydrogens is 312 g/mol. The third kappa shape index (κ3) is 3.80. The summed E-state index contributed by atoms with van der Waals surface area (Å²) in [6.45, 7) is 5.97. The Morgan fingerprint density at radius 3 is 2.27 bits per heavy atom. The lowest BCUT2D eigenvalue weighted by Crippen LogP contribution is -2.44. The van der Waals surface area contributed by atoms with E-state index in [0.717, 1.165) is 0 Å². The number of carboxylic acids is 1. The molecule has 0 saturated carbocycles. The van der Waals surface area contributed by atoms with Crippen LogP contribution in [0.3, 0.4) is 0 Å². The SMILES string of the molecule is Cc1cc([N+](=O)[O-])c(C)c(S(=O)(=O)NC(C(=O)O)C(C)C)c1. The van der Waals surface area contributed by atoms with Crippen LogP contribution in [0.4, 0.5) is 5.69 Å². The van der Waals surface area contributed by atoms with Gasteiger partial charge in [0.2, 0.25) is 10.0 Å². The minimum Gasteiger partial charge on any atom is -0.480 e. The van der Waals surface area contributed by atoms with Crippen molar-refractivity contribution in [3.05, 3.63) is 33.4 Å². The molecule has 0 saturated heterocycles. The van der Waals surface area contributed by atoms with Gasteiger partial charge < -0.3 is 5.11 Å². The van der Waals surface area contributed by atoms with Crippen LogP contribution < -0.4 is 4.72 Å². The third-order valence-corrected chi connectivity index (χ3v) is 4.75. The summed E-state index contributed by atoms with van der Waals surface area (Å²) in [5.41, 5.74) is 0.0434. The summed E-state index contributed by atoms with van der Waals surface area (Å²) < 4.78 is 26.9. The van der Waals surface area contributed by atoms with Crippen LogP contribution in [-0.4, -0.2) is 30.5 Å². The number of benzene rings is 1. The van der Waals surface area contributed by atoms with E-state index in [1.54, 1.807) is 13.8 Å². The van der Waals surface area contributed by atoms with Crippen molar-refractivity contribution in [2.45, 2.75) is 38.6 Å². The maximum atomic E-state index is 12.4. The summed E-state index contributed by atoms with van der Waals surface area (Å²) in [4.78, 5) is 21.2. The van der Waals surface area contributed by atoms with E-state index in [1.807, 2.05) is 0 Å². The number of aliphatic carboxylic acids is 1. The van der Waals surface area contributed by atoms with Crippen molar-refractivity contribution in [1.29, 1.82) is 0 Å². The zero-order valence-electron chi connectivity index (χ0n) is 12.7. The summed E-state index contributed by atoms with van der Waals surface area (Å²) in [7, 11) is -4.19. The Morgan fingerprint density at radius 2 is 1.86 bits per heavy atom. The average molecular weight is 330 g/mol. The zero-order chi connectivity index (χ0) is 17.2. The van der Waals surface area contributed by atoms with Crippen molar-refractivity contribution in [1.82, 2.24) is 4.72 Å². The molecule has 0 fully saturated rings. The quantitative estimate of drug-likeness (QED) is 0.602. The van der Waals surface area contributed by atoms with E-state index in [2.05, 4.69) is 4.72 Å². The molecule has 1 aromatic rings. The van der Waals surface area contributed by atoms with Gasteiger partial charge in [0.15, 0.2) is 0 Å². The van der Waals surface area contributed by atoms with Gasteiger partial charge in [-0.25, -0.2) is 8.42 Å². The molecule has 1 unspecified atom stereocenters. The summed E-state index contributed by atoms with van der Waals surface area (Å²) in [6, 6.07) is 1.24. The molecule has 0 aliphatic carbocycles. The van der Waals surface area contributed by atoms with E-state index in [-0.39, 0.29) is 16.1 Å². The van der Waals surface area contributed by atoms with Crippen LogP contribution in [0.15, 0.2) is 17.0 Å². The molecule has 0 heterocycles. The maximum absolute atomic E-state index is 12.4. The first-order valence-electron chi connectivity index (χ1n) is 6.48. The molecule has 9 heteroatoms. The van der Waals surface area contributed by atoms with E-state index in [4.69, 9.17) is 5.11 Å². The second kappa shape index (κ2) is 6.41. The summed E-state index contributed by atoms with van der Waals surface area (Å²) in [5.74, 6) is -1.79. The van der Waals surface area contributed by atoms with Gasteiger partial charge in [-0.3, -0.25) is 14.9 Å². The van der Waals surface area contributed by atoms with Gasteiger partial charge in [0.05, 0.1) is 9.82 Å². The Bertz CT molecular complexity index is 711. The van der Waals surface area contributed by atoms with Crippen LogP contribution in [0.5, 0.6) is 0 Å². The number of rotatable bonds is 6. The van der Waals surface area contributed by atoms with Gasteiger partial charge in [0.25, 0.3) is 5.69 Å². The Morgan fingerprint density at radius 1 is 1.32 bits per heavy atom. The molecule has 8 nitrogen and oxygen atoms in total. The van der Waals surface area contributed by atoms with Gasteiger partial charge in [-0.15, -0.1) is 0 Å². The van der Waals surface area contributed by atoms with E-state index < -0.39 is 32.9 Å². The highest BCUT2D eigenvalue weighted by molar-refractivity contribution is 7.89. The van der Waals surface area contributed by atoms with Crippen LogP contribution in [0.25, 0.3) is 0 Å². The fourth-order valence-electron chi connectivity index (χ4n) is 1.98. The number of nitrogens with zero attached hydrogens (tertiary/aromatic N) is 1. The molecule has 1 atom stereocenters. The molecular formula is C13H18N2O6S. The predicted octanol–water partition coefficient (Wildman–Crippen LogP) is 1.60. The summed E-state index contributed by atoms with van der Waals surface area (Å²) >= 11 is 0. The van der Waals surface area contributed by atoms with Crippen LogP contribution in [0.1, 0.15) is 25.0 Å². The number of nitrogens with one attached hydrogen (secondary N) is 1. The van der Waals surface area contributed by atoms with E-state index in [1.165, 1.54) is 26.0 Å². The van der Waals surface area contributed by atoms with Crippen LogP contribution >= 0.6 is 0 Å². The van der Waals surface area contributed by atoms with Gasteiger partial charge in [0.1, 0.15) is 6.04 Å². The van der Waals surface area contributed by atoms with Crippen molar-refractivity contribution >= 4 is 21.7 Å². The first-order chi connectivity index (χ1) is 9.97. The second-order valence-corrected chi connectivity index (χ2v) is 7.03. The largest absolute Gasteiger partial charge is 0.480 e. The number of hydrogen-bond acceptors (Lipinski definition) is 5. The predicted molar refractivity (Wildman–Crippen MR) is 79.2 cm³/mol. The minimum absolute atomic E-state index is 0.0315. The number of nitro benzene ring substituents is 1. The number of carbonyl (C=O) groups is 1. The minimum atomic E-state index is -4.19. The molecule has 1 aromatic carbocycles. The van der Waals surface area contributed by atoms with E-state index in [9.17, 15) is 23.3 Å². The average Bonchev–Trinajstić information content (AvgIpc) is 2.37. The van der Waals surface area contributed by atoms with Gasteiger partial charge in [-0.05, 0) is 31.4 Å². The smallest absolute Gasteiger partial charge is 0.322 e. The third-order valence-electron chi connectivity index (χ3n) is 3.18. The van der Waals surface area contributed by atoms with Crippen molar-refractivity contribution in [2.75, 3.05) is 0 Å². The Balaban J connectivity index is 3.41. The number of carboxylic acid groups (broad SMARTS) is 1. The molecule has 22 heavy (non-hydrogen) atoms. The Kier molecular flexibility index (Phi) is 5.26. The van der Waals surface area contributed by atoms with E-state index >= 15 is 0 Å². The maximum Gasteiger partial charge on any atom is 0.322 e. The van der Waals surface area contributed by atoms with E-state index in [0.29, 0.717) is 5.56 Å². The fourth-order valence-corrected chi connectivity index (χ4v) is 3.66. The lowest BCUT2D eigenvalue weighted by molar-refractivity contribution is -0.385. The van der Waals surface area contributed by atoms with Crippen LogP contribution in [0, 0.1) is 29.9 Å². The topological polar surface area (TPSA) is 127 Å². The Hall–Kier alpha value is -2.00. The Labute approximate surface area is 128 Å². The fraction of sp³-hybridized carbons (Fsp3) is 0.462. The number of hydrogen-bond donors (Lipinski definition) is 2. The first kappa shape index (κ1) is 18.1. The molecule has 1 rings (SSSR count). The van der Waals surface area contributed by atoms with Crippen molar-refractivity contribution in [3.63, 3.8) is 0 Å². The lowest BCUT2D eigenvalue weighted by atomic mass is 10.1. The number of aryl methyl sites for hydroxylation is 1. The highest BCUT2D eigenvalue weighted by Gasteiger charge is 2.31. The lowest BCUT2D eigenvalue weighted by Gasteiger charge is -2.19. The molecule has 0 aliphatic rings. The van der Waals surface area contributed by atoms with Crippen molar-refractivity contribution in [2.24, 2.45) is 5.92 Å². The molecule has 0 amide bonds. The number of nitro groups is 1.